The highest BCUT2D eigenvalue weighted by Gasteiger charge is 2.38. The van der Waals surface area contributed by atoms with Crippen LogP contribution >= 0.6 is 0 Å². The van der Waals surface area contributed by atoms with Gasteiger partial charge in [-0.2, -0.15) is 0 Å². The Bertz CT molecular complexity index is 1180. The minimum atomic E-state index is -1.07. The van der Waals surface area contributed by atoms with Crippen molar-refractivity contribution in [2.45, 2.75) is 6.42 Å². The molecule has 0 aromatic heterocycles. The standard InChI is InChI=1S/C24H17F3N2O2/c25-17-8-6-15(7-9-17)12-13-29-23(30)21(16-4-2-1-3-5-16)22(24(29)31)28-18-10-11-19(26)20(27)14-18/h1-11,14,28H,12-13H2. The highest BCUT2D eigenvalue weighted by atomic mass is 19.2. The van der Waals surface area contributed by atoms with Gasteiger partial charge in [0.1, 0.15) is 11.5 Å². The lowest BCUT2D eigenvalue weighted by Crippen LogP contribution is -2.34. The number of nitrogens with zero attached hydrogens (tertiary/aromatic N) is 1. The van der Waals surface area contributed by atoms with Crippen LogP contribution in [0.15, 0.2) is 78.5 Å². The molecular formula is C24H17F3N2O2. The summed E-state index contributed by atoms with van der Waals surface area (Å²) in [6.07, 6.45) is 0.346. The van der Waals surface area contributed by atoms with E-state index in [4.69, 9.17) is 0 Å². The van der Waals surface area contributed by atoms with Crippen LogP contribution in [0.25, 0.3) is 5.57 Å². The first kappa shape index (κ1) is 20.4. The monoisotopic (exact) mass is 422 g/mol. The molecule has 0 bridgehead atoms. The Balaban J connectivity index is 1.65. The Morgan fingerprint density at radius 1 is 0.774 bits per heavy atom. The summed E-state index contributed by atoms with van der Waals surface area (Å²) in [5, 5.41) is 2.78. The van der Waals surface area contributed by atoms with Gasteiger partial charge < -0.3 is 5.32 Å². The summed E-state index contributed by atoms with van der Waals surface area (Å²) in [7, 11) is 0. The van der Waals surface area contributed by atoms with Crippen molar-refractivity contribution in [3.05, 3.63) is 107 Å². The van der Waals surface area contributed by atoms with Gasteiger partial charge in [-0.3, -0.25) is 14.5 Å². The van der Waals surface area contributed by atoms with E-state index in [9.17, 15) is 22.8 Å². The van der Waals surface area contributed by atoms with Gasteiger partial charge in [0.2, 0.25) is 0 Å². The van der Waals surface area contributed by atoms with Gasteiger partial charge >= 0.3 is 0 Å². The molecule has 0 spiro atoms. The fourth-order valence-corrected chi connectivity index (χ4v) is 3.38. The molecule has 0 radical (unpaired) electrons. The van der Waals surface area contributed by atoms with Gasteiger partial charge in [-0.25, -0.2) is 13.2 Å². The molecule has 2 amide bonds. The Kier molecular flexibility index (Phi) is 5.58. The number of carbonyl (C=O) groups excluding carboxylic acids is 2. The number of hydrogen-bond acceptors (Lipinski definition) is 3. The minimum absolute atomic E-state index is 0.0127. The fraction of sp³-hybridized carbons (Fsp3) is 0.0833. The Labute approximate surface area is 176 Å². The maximum absolute atomic E-state index is 13.6. The number of halogens is 3. The summed E-state index contributed by atoms with van der Waals surface area (Å²) >= 11 is 0. The first-order chi connectivity index (χ1) is 14.9. The number of amides is 2. The first-order valence-corrected chi connectivity index (χ1v) is 9.56. The van der Waals surface area contributed by atoms with Crippen LogP contribution in [0.1, 0.15) is 11.1 Å². The molecule has 1 aliphatic rings. The molecular weight excluding hydrogens is 405 g/mol. The average Bonchev–Trinajstić information content (AvgIpc) is 3.00. The van der Waals surface area contributed by atoms with Gasteiger partial charge in [-0.05, 0) is 41.8 Å². The molecule has 7 heteroatoms. The van der Waals surface area contributed by atoms with Crippen molar-refractivity contribution >= 4 is 23.1 Å². The topological polar surface area (TPSA) is 49.4 Å². The molecule has 0 aliphatic carbocycles. The molecule has 1 N–H and O–H groups in total. The Hall–Kier alpha value is -3.87. The number of carbonyl (C=O) groups is 2. The van der Waals surface area contributed by atoms with E-state index in [1.165, 1.54) is 18.2 Å². The molecule has 4 nitrogen and oxygen atoms in total. The van der Waals surface area contributed by atoms with Gasteiger partial charge in [0.15, 0.2) is 11.6 Å². The first-order valence-electron chi connectivity index (χ1n) is 9.56. The fourth-order valence-electron chi connectivity index (χ4n) is 3.38. The van der Waals surface area contributed by atoms with E-state index in [-0.39, 0.29) is 29.3 Å². The van der Waals surface area contributed by atoms with Crippen molar-refractivity contribution in [3.8, 4) is 0 Å². The molecule has 0 saturated heterocycles. The van der Waals surface area contributed by atoms with Crippen molar-refractivity contribution in [1.82, 2.24) is 4.90 Å². The van der Waals surface area contributed by atoms with E-state index in [1.54, 1.807) is 42.5 Å². The molecule has 0 unspecified atom stereocenters. The number of hydrogen-bond donors (Lipinski definition) is 1. The summed E-state index contributed by atoms with van der Waals surface area (Å²) in [4.78, 5) is 27.3. The molecule has 0 fully saturated rings. The zero-order valence-corrected chi connectivity index (χ0v) is 16.2. The third-order valence-electron chi connectivity index (χ3n) is 4.96. The molecule has 0 saturated carbocycles. The van der Waals surface area contributed by atoms with E-state index in [0.29, 0.717) is 12.0 Å². The molecule has 4 rings (SSSR count). The highest BCUT2D eigenvalue weighted by molar-refractivity contribution is 6.36. The third kappa shape index (κ3) is 4.21. The zero-order valence-electron chi connectivity index (χ0n) is 16.2. The quantitative estimate of drug-likeness (QED) is 0.594. The lowest BCUT2D eigenvalue weighted by atomic mass is 10.0. The summed E-state index contributed by atoms with van der Waals surface area (Å²) in [5.41, 5.74) is 1.57. The second-order valence-corrected chi connectivity index (χ2v) is 7.01. The van der Waals surface area contributed by atoms with Crippen LogP contribution in [0.5, 0.6) is 0 Å². The maximum atomic E-state index is 13.6. The minimum Gasteiger partial charge on any atom is -0.350 e. The molecule has 1 heterocycles. The van der Waals surface area contributed by atoms with E-state index in [1.807, 2.05) is 0 Å². The number of benzene rings is 3. The molecule has 156 valence electrons. The number of nitrogens with one attached hydrogen (secondary N) is 1. The van der Waals surface area contributed by atoms with Gasteiger partial charge in [-0.15, -0.1) is 0 Å². The van der Waals surface area contributed by atoms with E-state index < -0.39 is 23.4 Å². The number of imide groups is 1. The van der Waals surface area contributed by atoms with Crippen LogP contribution in [0, 0.1) is 17.5 Å². The van der Waals surface area contributed by atoms with Crippen molar-refractivity contribution in [2.75, 3.05) is 11.9 Å². The lowest BCUT2D eigenvalue weighted by molar-refractivity contribution is -0.136. The highest BCUT2D eigenvalue weighted by Crippen LogP contribution is 2.31. The van der Waals surface area contributed by atoms with E-state index in [0.717, 1.165) is 22.6 Å². The molecule has 0 atom stereocenters. The average molecular weight is 422 g/mol. The summed E-state index contributed by atoms with van der Waals surface area (Å²) in [6.45, 7) is 0.0859. The summed E-state index contributed by atoms with van der Waals surface area (Å²) in [5.74, 6) is -3.53. The van der Waals surface area contributed by atoms with Gasteiger partial charge in [0, 0.05) is 18.3 Å². The van der Waals surface area contributed by atoms with Crippen LogP contribution in [-0.4, -0.2) is 23.3 Å². The van der Waals surface area contributed by atoms with Crippen LogP contribution in [-0.2, 0) is 16.0 Å². The molecule has 1 aliphatic heterocycles. The van der Waals surface area contributed by atoms with Crippen molar-refractivity contribution < 1.29 is 22.8 Å². The second-order valence-electron chi connectivity index (χ2n) is 7.01. The van der Waals surface area contributed by atoms with E-state index in [2.05, 4.69) is 5.32 Å². The van der Waals surface area contributed by atoms with Gasteiger partial charge in [0.25, 0.3) is 11.8 Å². The van der Waals surface area contributed by atoms with Crippen LogP contribution in [0.3, 0.4) is 0 Å². The largest absolute Gasteiger partial charge is 0.350 e. The van der Waals surface area contributed by atoms with Gasteiger partial charge in [-0.1, -0.05) is 42.5 Å². The second kappa shape index (κ2) is 8.47. The molecule has 3 aromatic carbocycles. The maximum Gasteiger partial charge on any atom is 0.278 e. The molecule has 31 heavy (non-hydrogen) atoms. The lowest BCUT2D eigenvalue weighted by Gasteiger charge is -2.15. The van der Waals surface area contributed by atoms with Crippen LogP contribution < -0.4 is 5.32 Å². The number of rotatable bonds is 6. The van der Waals surface area contributed by atoms with Crippen LogP contribution in [0.2, 0.25) is 0 Å². The number of anilines is 1. The van der Waals surface area contributed by atoms with Crippen molar-refractivity contribution in [1.29, 1.82) is 0 Å². The van der Waals surface area contributed by atoms with Crippen molar-refractivity contribution in [2.24, 2.45) is 0 Å². The summed E-state index contributed by atoms with van der Waals surface area (Å²) in [6, 6.07) is 17.6. The SMILES string of the molecule is O=C1C(Nc2ccc(F)c(F)c2)=C(c2ccccc2)C(=O)N1CCc1ccc(F)cc1. The Morgan fingerprint density at radius 3 is 2.16 bits per heavy atom. The van der Waals surface area contributed by atoms with E-state index >= 15 is 0 Å². The Morgan fingerprint density at radius 2 is 1.48 bits per heavy atom. The predicted octanol–water partition coefficient (Wildman–Crippen LogP) is 4.54. The summed E-state index contributed by atoms with van der Waals surface area (Å²) < 4.78 is 40.0. The predicted molar refractivity (Wildman–Crippen MR) is 110 cm³/mol. The smallest absolute Gasteiger partial charge is 0.278 e. The van der Waals surface area contributed by atoms with Crippen LogP contribution in [0.4, 0.5) is 18.9 Å². The van der Waals surface area contributed by atoms with Crippen molar-refractivity contribution in [3.63, 3.8) is 0 Å². The zero-order chi connectivity index (χ0) is 22.0. The third-order valence-corrected chi connectivity index (χ3v) is 4.96. The van der Waals surface area contributed by atoms with Gasteiger partial charge in [0.05, 0.1) is 5.57 Å². The molecule has 3 aromatic rings. The normalized spacial score (nSPS) is 13.8.